The monoisotopic (exact) mass is 179 g/mol. The zero-order valence-corrected chi connectivity index (χ0v) is 7.74. The second-order valence-electron chi connectivity index (χ2n) is 2.99. The van der Waals surface area contributed by atoms with Gasteiger partial charge < -0.3 is 10.6 Å². The molecule has 0 bridgehead atoms. The van der Waals surface area contributed by atoms with Crippen LogP contribution in [0.1, 0.15) is 13.8 Å². The average Bonchev–Trinajstić information content (AvgIpc) is 2.04. The number of urea groups is 1. The molecule has 0 spiro atoms. The highest BCUT2D eigenvalue weighted by atomic mass is 16.2. The van der Waals surface area contributed by atoms with E-state index in [4.69, 9.17) is 0 Å². The number of hydrogen-bond acceptors (Lipinski definition) is 2. The standard InChI is InChI=1S/C9H13N3O/c1-7(2)11-9(13)12-8-3-5-10-6-4-8/h3-7H,1-2H3,(H2,10,11,12,13). The summed E-state index contributed by atoms with van der Waals surface area (Å²) in [5, 5.41) is 5.40. The Bertz CT molecular complexity index is 271. The van der Waals surface area contributed by atoms with E-state index in [0.29, 0.717) is 0 Å². The highest BCUT2D eigenvalue weighted by molar-refractivity contribution is 5.89. The van der Waals surface area contributed by atoms with E-state index in [1.807, 2.05) is 13.8 Å². The van der Waals surface area contributed by atoms with Gasteiger partial charge in [-0.15, -0.1) is 0 Å². The molecule has 0 aliphatic heterocycles. The first-order chi connectivity index (χ1) is 6.18. The van der Waals surface area contributed by atoms with Crippen LogP contribution >= 0.6 is 0 Å². The van der Waals surface area contributed by atoms with Crippen molar-refractivity contribution in [3.63, 3.8) is 0 Å². The number of amides is 2. The predicted molar refractivity (Wildman–Crippen MR) is 51.5 cm³/mol. The Morgan fingerprint density at radius 1 is 1.38 bits per heavy atom. The van der Waals surface area contributed by atoms with Crippen LogP contribution in [-0.4, -0.2) is 17.1 Å². The van der Waals surface area contributed by atoms with Gasteiger partial charge in [-0.3, -0.25) is 4.98 Å². The van der Waals surface area contributed by atoms with Crippen molar-refractivity contribution in [2.75, 3.05) is 5.32 Å². The number of aromatic nitrogens is 1. The molecule has 0 aliphatic carbocycles. The summed E-state index contributed by atoms with van der Waals surface area (Å²) in [5.74, 6) is 0. The van der Waals surface area contributed by atoms with Gasteiger partial charge in [-0.25, -0.2) is 4.79 Å². The van der Waals surface area contributed by atoms with Gasteiger partial charge in [0.2, 0.25) is 0 Å². The van der Waals surface area contributed by atoms with Gasteiger partial charge in [-0.2, -0.15) is 0 Å². The van der Waals surface area contributed by atoms with Gasteiger partial charge in [0, 0.05) is 24.1 Å². The number of carbonyl (C=O) groups is 1. The van der Waals surface area contributed by atoms with Crippen molar-refractivity contribution in [2.45, 2.75) is 19.9 Å². The van der Waals surface area contributed by atoms with Crippen LogP contribution in [0.4, 0.5) is 10.5 Å². The first-order valence-electron chi connectivity index (χ1n) is 4.16. The second kappa shape index (κ2) is 4.45. The fraction of sp³-hybridized carbons (Fsp3) is 0.333. The summed E-state index contributed by atoms with van der Waals surface area (Å²) in [4.78, 5) is 15.0. The summed E-state index contributed by atoms with van der Waals surface area (Å²) in [5.41, 5.74) is 0.744. The molecular formula is C9H13N3O. The number of nitrogens with one attached hydrogen (secondary N) is 2. The van der Waals surface area contributed by atoms with Crippen molar-refractivity contribution < 1.29 is 4.79 Å². The molecule has 1 heterocycles. The summed E-state index contributed by atoms with van der Waals surface area (Å²) in [6.45, 7) is 3.82. The van der Waals surface area contributed by atoms with E-state index in [0.717, 1.165) is 5.69 Å². The van der Waals surface area contributed by atoms with Gasteiger partial charge in [0.15, 0.2) is 0 Å². The van der Waals surface area contributed by atoms with Crippen molar-refractivity contribution in [1.29, 1.82) is 0 Å². The van der Waals surface area contributed by atoms with Crippen LogP contribution in [0.25, 0.3) is 0 Å². The third-order valence-corrected chi connectivity index (χ3v) is 1.36. The van der Waals surface area contributed by atoms with Crippen molar-refractivity contribution in [1.82, 2.24) is 10.3 Å². The Morgan fingerprint density at radius 2 is 2.00 bits per heavy atom. The lowest BCUT2D eigenvalue weighted by molar-refractivity contribution is 0.250. The van der Waals surface area contributed by atoms with Crippen molar-refractivity contribution in [3.8, 4) is 0 Å². The molecule has 70 valence electrons. The smallest absolute Gasteiger partial charge is 0.319 e. The zero-order chi connectivity index (χ0) is 9.68. The molecule has 0 radical (unpaired) electrons. The molecule has 1 aromatic heterocycles. The third kappa shape index (κ3) is 3.55. The molecule has 0 saturated heterocycles. The quantitative estimate of drug-likeness (QED) is 0.724. The maximum absolute atomic E-state index is 11.2. The molecule has 0 atom stereocenters. The van der Waals surface area contributed by atoms with E-state index in [-0.39, 0.29) is 12.1 Å². The van der Waals surface area contributed by atoms with Crippen LogP contribution in [0.5, 0.6) is 0 Å². The van der Waals surface area contributed by atoms with Gasteiger partial charge in [-0.1, -0.05) is 0 Å². The van der Waals surface area contributed by atoms with Crippen LogP contribution in [-0.2, 0) is 0 Å². The van der Waals surface area contributed by atoms with Gasteiger partial charge in [0.1, 0.15) is 0 Å². The zero-order valence-electron chi connectivity index (χ0n) is 7.74. The van der Waals surface area contributed by atoms with Crippen LogP contribution in [0.2, 0.25) is 0 Å². The molecule has 2 amide bonds. The van der Waals surface area contributed by atoms with Crippen LogP contribution in [0.3, 0.4) is 0 Å². The number of rotatable bonds is 2. The van der Waals surface area contributed by atoms with Crippen molar-refractivity contribution >= 4 is 11.7 Å². The topological polar surface area (TPSA) is 54.0 Å². The summed E-state index contributed by atoms with van der Waals surface area (Å²) in [6, 6.07) is 3.42. The molecule has 2 N–H and O–H groups in total. The average molecular weight is 179 g/mol. The number of carbonyl (C=O) groups excluding carboxylic acids is 1. The van der Waals surface area contributed by atoms with Crippen LogP contribution in [0, 0.1) is 0 Å². The Balaban J connectivity index is 2.46. The number of hydrogen-bond donors (Lipinski definition) is 2. The fourth-order valence-corrected chi connectivity index (χ4v) is 0.865. The Kier molecular flexibility index (Phi) is 3.25. The van der Waals surface area contributed by atoms with E-state index >= 15 is 0 Å². The number of anilines is 1. The normalized spacial score (nSPS) is 9.77. The van der Waals surface area contributed by atoms with E-state index in [1.54, 1.807) is 24.5 Å². The third-order valence-electron chi connectivity index (χ3n) is 1.36. The lowest BCUT2D eigenvalue weighted by atomic mass is 10.4. The summed E-state index contributed by atoms with van der Waals surface area (Å²) in [6.07, 6.45) is 3.26. The van der Waals surface area contributed by atoms with Gasteiger partial charge >= 0.3 is 6.03 Å². The lowest BCUT2D eigenvalue weighted by Gasteiger charge is -2.09. The second-order valence-corrected chi connectivity index (χ2v) is 2.99. The van der Waals surface area contributed by atoms with Gasteiger partial charge in [0.05, 0.1) is 0 Å². The van der Waals surface area contributed by atoms with Crippen molar-refractivity contribution in [2.24, 2.45) is 0 Å². The molecule has 4 heteroatoms. The predicted octanol–water partition coefficient (Wildman–Crippen LogP) is 1.61. The Hall–Kier alpha value is -1.58. The molecule has 1 rings (SSSR count). The molecule has 0 fully saturated rings. The molecule has 4 nitrogen and oxygen atoms in total. The van der Waals surface area contributed by atoms with E-state index < -0.39 is 0 Å². The van der Waals surface area contributed by atoms with Crippen LogP contribution < -0.4 is 10.6 Å². The van der Waals surface area contributed by atoms with E-state index in [2.05, 4.69) is 15.6 Å². The Labute approximate surface area is 77.4 Å². The summed E-state index contributed by atoms with van der Waals surface area (Å²) < 4.78 is 0. The molecule has 0 unspecified atom stereocenters. The maximum Gasteiger partial charge on any atom is 0.319 e. The molecule has 0 saturated carbocycles. The first-order valence-corrected chi connectivity index (χ1v) is 4.16. The maximum atomic E-state index is 11.2. The molecule has 0 aromatic carbocycles. The molecule has 13 heavy (non-hydrogen) atoms. The van der Waals surface area contributed by atoms with Crippen LogP contribution in [0.15, 0.2) is 24.5 Å². The van der Waals surface area contributed by atoms with Gasteiger partial charge in [-0.05, 0) is 26.0 Å². The Morgan fingerprint density at radius 3 is 2.54 bits per heavy atom. The fourth-order valence-electron chi connectivity index (χ4n) is 0.865. The number of pyridine rings is 1. The highest BCUT2D eigenvalue weighted by Crippen LogP contribution is 2.02. The molecule has 0 aliphatic rings. The van der Waals surface area contributed by atoms with E-state index in [9.17, 15) is 4.79 Å². The minimum atomic E-state index is -0.193. The summed E-state index contributed by atoms with van der Waals surface area (Å²) >= 11 is 0. The molecular weight excluding hydrogens is 166 g/mol. The minimum Gasteiger partial charge on any atom is -0.336 e. The largest absolute Gasteiger partial charge is 0.336 e. The highest BCUT2D eigenvalue weighted by Gasteiger charge is 2.01. The van der Waals surface area contributed by atoms with E-state index in [1.165, 1.54) is 0 Å². The first kappa shape index (κ1) is 9.51. The molecule has 1 aromatic rings. The lowest BCUT2D eigenvalue weighted by Crippen LogP contribution is -2.34. The number of nitrogens with zero attached hydrogens (tertiary/aromatic N) is 1. The summed E-state index contributed by atoms with van der Waals surface area (Å²) in [7, 11) is 0. The van der Waals surface area contributed by atoms with Gasteiger partial charge in [0.25, 0.3) is 0 Å². The minimum absolute atomic E-state index is 0.141. The van der Waals surface area contributed by atoms with Crippen molar-refractivity contribution in [3.05, 3.63) is 24.5 Å². The SMILES string of the molecule is CC(C)NC(=O)Nc1ccncc1.